The molecule has 4 heterocycles. The molecule has 4 heteroatoms. The van der Waals surface area contributed by atoms with Crippen molar-refractivity contribution in [2.45, 2.75) is 59.3 Å². The van der Waals surface area contributed by atoms with Gasteiger partial charge in [0, 0.05) is 72.9 Å². The Morgan fingerprint density at radius 3 is 1.14 bits per heavy atom. The summed E-state index contributed by atoms with van der Waals surface area (Å²) in [7, 11) is 0. The zero-order valence-corrected chi connectivity index (χ0v) is 42.0. The molecular formula is C68H56N4. The second-order valence-electron chi connectivity index (χ2n) is 21.9. The average Bonchev–Trinajstić information content (AvgIpc) is 4.03. The lowest BCUT2D eigenvalue weighted by Crippen LogP contribution is -2.10. The molecule has 0 N–H and O–H groups in total. The number of rotatable bonds is 6. The molecule has 0 saturated heterocycles. The summed E-state index contributed by atoms with van der Waals surface area (Å²) >= 11 is 0. The molecule has 0 fully saturated rings. The molecule has 0 atom stereocenters. The minimum absolute atomic E-state index is 0.0520. The first-order valence-corrected chi connectivity index (χ1v) is 25.3. The fourth-order valence-corrected chi connectivity index (χ4v) is 11.2. The maximum absolute atomic E-state index is 4.80. The summed E-state index contributed by atoms with van der Waals surface area (Å²) in [6.45, 7) is 15.9. The highest BCUT2D eigenvalue weighted by atomic mass is 15.0. The summed E-state index contributed by atoms with van der Waals surface area (Å²) in [6, 6.07) is 74.6. The van der Waals surface area contributed by atoms with E-state index in [2.05, 4.69) is 262 Å². The number of aryl methyl sites for hydroxylation is 1. The first-order valence-electron chi connectivity index (χ1n) is 25.3. The minimum Gasteiger partial charge on any atom is -0.309 e. The van der Waals surface area contributed by atoms with Crippen LogP contribution in [-0.4, -0.2) is 18.7 Å². The lowest BCUT2D eigenvalue weighted by molar-refractivity contribution is 0.590. The van der Waals surface area contributed by atoms with Gasteiger partial charge in [0.2, 0.25) is 0 Å². The van der Waals surface area contributed by atoms with Gasteiger partial charge in [-0.15, -0.1) is 0 Å². The number of nitrogens with zero attached hydrogens (tertiary/aromatic N) is 4. The molecule has 13 rings (SSSR count). The van der Waals surface area contributed by atoms with E-state index in [9.17, 15) is 0 Å². The largest absolute Gasteiger partial charge is 0.309 e. The molecule has 4 aromatic heterocycles. The molecule has 0 aliphatic rings. The quantitative estimate of drug-likeness (QED) is 0.163. The fraction of sp³-hybridized carbons (Fsp3) is 0.132. The van der Waals surface area contributed by atoms with Crippen LogP contribution in [0.5, 0.6) is 0 Å². The zero-order chi connectivity index (χ0) is 49.0. The highest BCUT2D eigenvalue weighted by molar-refractivity contribution is 6.12. The van der Waals surface area contributed by atoms with Crippen LogP contribution in [0, 0.1) is 6.92 Å². The van der Waals surface area contributed by atoms with Gasteiger partial charge in [0.05, 0.1) is 33.1 Å². The zero-order valence-electron chi connectivity index (χ0n) is 42.0. The predicted octanol–water partition coefficient (Wildman–Crippen LogP) is 18.3. The number of fused-ring (bicyclic) bond motifs is 9. The summed E-state index contributed by atoms with van der Waals surface area (Å²) in [5.41, 5.74) is 21.3. The first-order chi connectivity index (χ1) is 34.9. The normalized spacial score (nSPS) is 12.4. The lowest BCUT2D eigenvalue weighted by atomic mass is 9.85. The van der Waals surface area contributed by atoms with E-state index in [-0.39, 0.29) is 10.8 Å². The fourth-order valence-electron chi connectivity index (χ4n) is 11.2. The highest BCUT2D eigenvalue weighted by Gasteiger charge is 2.22. The first kappa shape index (κ1) is 43.5. The van der Waals surface area contributed by atoms with Crippen molar-refractivity contribution < 1.29 is 0 Å². The Morgan fingerprint density at radius 1 is 0.292 bits per heavy atom. The van der Waals surface area contributed by atoms with Crippen molar-refractivity contribution in [3.8, 4) is 50.4 Å². The molecule has 0 aliphatic carbocycles. The maximum atomic E-state index is 4.80. The van der Waals surface area contributed by atoms with Gasteiger partial charge in [-0.2, -0.15) is 0 Å². The van der Waals surface area contributed by atoms with Gasteiger partial charge < -0.3 is 13.7 Å². The van der Waals surface area contributed by atoms with Crippen molar-refractivity contribution >= 4 is 65.4 Å². The monoisotopic (exact) mass is 928 g/mol. The van der Waals surface area contributed by atoms with Crippen molar-refractivity contribution in [1.29, 1.82) is 0 Å². The molecule has 0 radical (unpaired) electrons. The Kier molecular flexibility index (Phi) is 9.85. The minimum atomic E-state index is 0.0520. The van der Waals surface area contributed by atoms with E-state index in [1.165, 1.54) is 82.1 Å². The predicted molar refractivity (Wildman–Crippen MR) is 306 cm³/mol. The Balaban J connectivity index is 0.883. The standard InChI is InChI=1S/C68H56N4/c1-43-20-31-64-58(34-43)57-16-10-13-19-63(57)72(64)54-37-47(36-53(40-54)71-61-17-11-8-14-55(61)56-15-9-12-18-62(56)71)44-21-23-45(24-22-44)48-35-49(42-69-41-48)46-25-29-52(30-26-46)70-65-32-27-50(67(2,3)4)38-59(65)60-39-51(68(5,6)7)28-33-66(60)70/h8-42H,1-7H3. The van der Waals surface area contributed by atoms with E-state index < -0.39 is 0 Å². The Bertz CT molecular complexity index is 4150. The number of para-hydroxylation sites is 3. The Labute approximate surface area is 421 Å². The molecule has 72 heavy (non-hydrogen) atoms. The molecule has 9 aromatic carbocycles. The summed E-state index contributed by atoms with van der Waals surface area (Å²) in [5, 5.41) is 7.60. The second-order valence-corrected chi connectivity index (χ2v) is 21.9. The van der Waals surface area contributed by atoms with E-state index in [1.807, 2.05) is 12.4 Å². The van der Waals surface area contributed by atoms with E-state index in [4.69, 9.17) is 4.98 Å². The van der Waals surface area contributed by atoms with Crippen molar-refractivity contribution in [3.63, 3.8) is 0 Å². The van der Waals surface area contributed by atoms with Crippen LogP contribution in [0.2, 0.25) is 0 Å². The molecule has 0 amide bonds. The van der Waals surface area contributed by atoms with E-state index >= 15 is 0 Å². The molecule has 0 aliphatic heterocycles. The van der Waals surface area contributed by atoms with Gasteiger partial charge in [-0.1, -0.05) is 156 Å². The number of pyridine rings is 1. The van der Waals surface area contributed by atoms with Crippen LogP contribution in [0.1, 0.15) is 58.2 Å². The van der Waals surface area contributed by atoms with Gasteiger partial charge in [0.1, 0.15) is 0 Å². The van der Waals surface area contributed by atoms with Crippen molar-refractivity contribution in [2.24, 2.45) is 0 Å². The smallest absolute Gasteiger partial charge is 0.0541 e. The topological polar surface area (TPSA) is 27.7 Å². The van der Waals surface area contributed by atoms with E-state index in [1.54, 1.807) is 0 Å². The average molecular weight is 929 g/mol. The van der Waals surface area contributed by atoms with Crippen molar-refractivity contribution in [3.05, 3.63) is 229 Å². The molecule has 0 bridgehead atoms. The van der Waals surface area contributed by atoms with Crippen LogP contribution >= 0.6 is 0 Å². The summed E-state index contributed by atoms with van der Waals surface area (Å²) in [6.07, 6.45) is 3.96. The molecule has 0 unspecified atom stereocenters. The maximum Gasteiger partial charge on any atom is 0.0541 e. The molecule has 4 nitrogen and oxygen atoms in total. The summed E-state index contributed by atoms with van der Waals surface area (Å²) < 4.78 is 7.30. The van der Waals surface area contributed by atoms with E-state index in [0.29, 0.717) is 0 Å². The third kappa shape index (κ3) is 7.15. The van der Waals surface area contributed by atoms with Crippen LogP contribution in [0.15, 0.2) is 213 Å². The van der Waals surface area contributed by atoms with Gasteiger partial charge in [0.15, 0.2) is 0 Å². The van der Waals surface area contributed by atoms with Crippen LogP contribution in [0.3, 0.4) is 0 Å². The Morgan fingerprint density at radius 2 is 0.667 bits per heavy atom. The molecule has 13 aromatic rings. The Hall–Kier alpha value is -8.47. The molecule has 348 valence electrons. The second kappa shape index (κ2) is 16.3. The lowest BCUT2D eigenvalue weighted by Gasteiger charge is -2.19. The molecular weight excluding hydrogens is 873 g/mol. The number of hydrogen-bond donors (Lipinski definition) is 0. The summed E-state index contributed by atoms with van der Waals surface area (Å²) in [5.74, 6) is 0. The van der Waals surface area contributed by atoms with Gasteiger partial charge in [0.25, 0.3) is 0 Å². The van der Waals surface area contributed by atoms with Gasteiger partial charge in [-0.25, -0.2) is 0 Å². The van der Waals surface area contributed by atoms with Gasteiger partial charge in [-0.05, 0) is 142 Å². The number of benzene rings is 9. The highest BCUT2D eigenvalue weighted by Crippen LogP contribution is 2.41. The number of hydrogen-bond acceptors (Lipinski definition) is 1. The van der Waals surface area contributed by atoms with Crippen LogP contribution in [-0.2, 0) is 10.8 Å². The van der Waals surface area contributed by atoms with Crippen LogP contribution < -0.4 is 0 Å². The van der Waals surface area contributed by atoms with Crippen LogP contribution in [0.25, 0.3) is 116 Å². The van der Waals surface area contributed by atoms with Crippen molar-refractivity contribution in [2.75, 3.05) is 0 Å². The number of aromatic nitrogens is 4. The SMILES string of the molecule is Cc1ccc2c(c1)c1ccccc1n2-c1cc(-c2ccc(-c3cncc(-c4ccc(-n5c6ccc(C(C)(C)C)cc6c6cc(C(C)(C)C)ccc65)cc4)c3)cc2)cc(-n2c3ccccc3c3ccccc32)c1. The van der Waals surface area contributed by atoms with E-state index in [0.717, 1.165) is 50.4 Å². The van der Waals surface area contributed by atoms with Crippen LogP contribution in [0.4, 0.5) is 0 Å². The summed E-state index contributed by atoms with van der Waals surface area (Å²) in [4.78, 5) is 4.80. The van der Waals surface area contributed by atoms with Gasteiger partial charge >= 0.3 is 0 Å². The molecule has 0 saturated carbocycles. The molecule has 0 spiro atoms. The van der Waals surface area contributed by atoms with Gasteiger partial charge in [-0.3, -0.25) is 4.98 Å². The van der Waals surface area contributed by atoms with Crippen molar-refractivity contribution in [1.82, 2.24) is 18.7 Å². The third-order valence-electron chi connectivity index (χ3n) is 15.1. The third-order valence-corrected chi connectivity index (χ3v) is 15.1.